The molecule has 0 aliphatic carbocycles. The predicted molar refractivity (Wildman–Crippen MR) is 102 cm³/mol. The molecule has 1 aromatic heterocycles. The fraction of sp³-hybridized carbons (Fsp3) is 0.300. The lowest BCUT2D eigenvalue weighted by Crippen LogP contribution is -2.20. The van der Waals surface area contributed by atoms with Crippen LogP contribution in [0, 0.1) is 11.3 Å². The molecule has 3 rings (SSSR count). The molecule has 2 aromatic rings. The number of carboxylic acid groups (broad SMARTS) is 2. The first-order valence-corrected chi connectivity index (χ1v) is 8.78. The molecule has 8 heteroatoms. The van der Waals surface area contributed by atoms with Crippen LogP contribution in [0.3, 0.4) is 0 Å². The van der Waals surface area contributed by atoms with Gasteiger partial charge >= 0.3 is 11.9 Å². The van der Waals surface area contributed by atoms with Crippen LogP contribution in [-0.2, 0) is 23.2 Å². The Morgan fingerprint density at radius 3 is 2.21 bits per heavy atom. The second-order valence-corrected chi connectivity index (χ2v) is 6.31. The zero-order valence-corrected chi connectivity index (χ0v) is 15.6. The van der Waals surface area contributed by atoms with Crippen molar-refractivity contribution in [3.8, 4) is 17.5 Å². The van der Waals surface area contributed by atoms with E-state index in [0.717, 1.165) is 17.9 Å². The maximum absolute atomic E-state index is 9.55. The number of nitrogens with zero attached hydrogens (tertiary/aromatic N) is 4. The van der Waals surface area contributed by atoms with Gasteiger partial charge in [-0.25, -0.2) is 14.6 Å². The van der Waals surface area contributed by atoms with Gasteiger partial charge in [-0.3, -0.25) is 4.90 Å². The largest absolute Gasteiger partial charge is 0.478 e. The molecule has 0 atom stereocenters. The number of carboxylic acids is 2. The van der Waals surface area contributed by atoms with Crippen LogP contribution in [0.25, 0.3) is 11.4 Å². The minimum atomic E-state index is -1.26. The summed E-state index contributed by atoms with van der Waals surface area (Å²) in [6.45, 7) is 3.36. The van der Waals surface area contributed by atoms with Crippen molar-refractivity contribution >= 4 is 11.9 Å². The van der Waals surface area contributed by atoms with E-state index in [-0.39, 0.29) is 0 Å². The summed E-state index contributed by atoms with van der Waals surface area (Å²) in [4.78, 5) is 26.1. The highest BCUT2D eigenvalue weighted by atomic mass is 16.4. The summed E-state index contributed by atoms with van der Waals surface area (Å²) in [5.74, 6) is -1.55. The average molecular weight is 382 g/mol. The monoisotopic (exact) mass is 382 g/mol. The summed E-state index contributed by atoms with van der Waals surface area (Å²) in [6.07, 6.45) is 5.69. The molecule has 0 unspecified atom stereocenters. The van der Waals surface area contributed by atoms with Crippen molar-refractivity contribution in [1.29, 1.82) is 5.26 Å². The molecule has 1 saturated heterocycles. The van der Waals surface area contributed by atoms with Gasteiger partial charge in [0, 0.05) is 31.3 Å². The lowest BCUT2D eigenvalue weighted by molar-refractivity contribution is -0.134. The molecule has 0 amide bonds. The lowest BCUT2D eigenvalue weighted by atomic mass is 10.1. The topological polar surface area (TPSA) is 119 Å². The molecule has 2 N–H and O–H groups in total. The van der Waals surface area contributed by atoms with Gasteiger partial charge in [0.2, 0.25) is 0 Å². The molecule has 28 heavy (non-hydrogen) atoms. The van der Waals surface area contributed by atoms with Crippen molar-refractivity contribution in [2.24, 2.45) is 7.05 Å². The smallest absolute Gasteiger partial charge is 0.328 e. The molecule has 0 spiro atoms. The van der Waals surface area contributed by atoms with Gasteiger partial charge in [0.1, 0.15) is 5.82 Å². The van der Waals surface area contributed by atoms with E-state index < -0.39 is 11.9 Å². The molecule has 0 bridgehead atoms. The Labute approximate surface area is 163 Å². The van der Waals surface area contributed by atoms with Crippen molar-refractivity contribution in [3.05, 3.63) is 53.9 Å². The minimum absolute atomic E-state index is 0.558. The van der Waals surface area contributed by atoms with Crippen molar-refractivity contribution < 1.29 is 19.8 Å². The van der Waals surface area contributed by atoms with E-state index >= 15 is 0 Å². The minimum Gasteiger partial charge on any atom is -0.478 e. The summed E-state index contributed by atoms with van der Waals surface area (Å²) in [5, 5.41) is 24.5. The molecular formula is C20H22N4O4. The van der Waals surface area contributed by atoms with Crippen LogP contribution in [0.4, 0.5) is 0 Å². The van der Waals surface area contributed by atoms with Crippen LogP contribution in [0.15, 0.2) is 42.6 Å². The third-order valence-electron chi connectivity index (χ3n) is 4.31. The van der Waals surface area contributed by atoms with Crippen LogP contribution in [0.5, 0.6) is 0 Å². The first kappa shape index (κ1) is 20.9. The summed E-state index contributed by atoms with van der Waals surface area (Å²) in [6, 6.07) is 9.73. The number of hydrogen-bond acceptors (Lipinski definition) is 5. The number of aromatic nitrogens is 2. The Balaban J connectivity index is 0.000000300. The van der Waals surface area contributed by atoms with Gasteiger partial charge in [0.05, 0.1) is 23.5 Å². The highest BCUT2D eigenvalue weighted by molar-refractivity contribution is 5.89. The maximum atomic E-state index is 9.55. The zero-order valence-electron chi connectivity index (χ0n) is 15.6. The average Bonchev–Trinajstić information content (AvgIpc) is 3.32. The van der Waals surface area contributed by atoms with E-state index in [1.807, 2.05) is 30.5 Å². The summed E-state index contributed by atoms with van der Waals surface area (Å²) in [5.41, 5.74) is 2.98. The first-order valence-electron chi connectivity index (χ1n) is 8.78. The number of carbonyl (C=O) groups is 2. The van der Waals surface area contributed by atoms with Crippen molar-refractivity contribution in [2.45, 2.75) is 19.4 Å². The second kappa shape index (κ2) is 10.0. The third-order valence-corrected chi connectivity index (χ3v) is 4.31. The molecule has 0 saturated carbocycles. The van der Waals surface area contributed by atoms with Crippen LogP contribution in [0.1, 0.15) is 24.1 Å². The fourth-order valence-corrected chi connectivity index (χ4v) is 2.87. The summed E-state index contributed by atoms with van der Waals surface area (Å²) >= 11 is 0. The van der Waals surface area contributed by atoms with Crippen LogP contribution >= 0.6 is 0 Å². The zero-order chi connectivity index (χ0) is 20.5. The van der Waals surface area contributed by atoms with Gasteiger partial charge in [-0.1, -0.05) is 0 Å². The lowest BCUT2D eigenvalue weighted by Gasteiger charge is -2.15. The first-order chi connectivity index (χ1) is 13.4. The Morgan fingerprint density at radius 2 is 1.71 bits per heavy atom. The van der Waals surface area contributed by atoms with Gasteiger partial charge < -0.3 is 14.8 Å². The van der Waals surface area contributed by atoms with Crippen LogP contribution < -0.4 is 0 Å². The molecule has 8 nitrogen and oxygen atoms in total. The van der Waals surface area contributed by atoms with Crippen molar-refractivity contribution in [3.63, 3.8) is 0 Å². The summed E-state index contributed by atoms with van der Waals surface area (Å²) in [7, 11) is 2.06. The van der Waals surface area contributed by atoms with Crippen LogP contribution in [0.2, 0.25) is 0 Å². The number of hydrogen-bond donors (Lipinski definition) is 2. The van der Waals surface area contributed by atoms with Gasteiger partial charge in [0.15, 0.2) is 0 Å². The fourth-order valence-electron chi connectivity index (χ4n) is 2.87. The number of likely N-dealkylation sites (tertiary alicyclic amines) is 1. The Morgan fingerprint density at radius 1 is 1.14 bits per heavy atom. The number of benzene rings is 1. The Hall–Kier alpha value is -3.44. The molecule has 146 valence electrons. The van der Waals surface area contributed by atoms with Gasteiger partial charge in [-0.05, 0) is 50.2 Å². The number of imidazole rings is 1. The third kappa shape index (κ3) is 6.07. The SMILES string of the molecule is Cn1c(CN2CCCC2)cnc1-c1ccc(C#N)cc1.O=C(O)/C=C/C(=O)O. The number of rotatable bonds is 5. The van der Waals surface area contributed by atoms with Gasteiger partial charge in [-0.2, -0.15) is 5.26 Å². The van der Waals surface area contributed by atoms with E-state index in [1.54, 1.807) is 0 Å². The normalized spacial score (nSPS) is 13.7. The molecule has 2 heterocycles. The molecular weight excluding hydrogens is 360 g/mol. The van der Waals surface area contributed by atoms with Crippen molar-refractivity contribution in [2.75, 3.05) is 13.1 Å². The molecule has 1 aliphatic rings. The Kier molecular flexibility index (Phi) is 7.48. The highest BCUT2D eigenvalue weighted by Gasteiger charge is 2.15. The number of aliphatic carboxylic acids is 2. The quantitative estimate of drug-likeness (QED) is 0.761. The number of nitriles is 1. The molecule has 1 aromatic carbocycles. The molecule has 1 fully saturated rings. The summed E-state index contributed by atoms with van der Waals surface area (Å²) < 4.78 is 2.15. The van der Waals surface area contributed by atoms with Crippen LogP contribution in [-0.4, -0.2) is 49.7 Å². The second-order valence-electron chi connectivity index (χ2n) is 6.31. The van der Waals surface area contributed by atoms with E-state index in [0.29, 0.717) is 17.7 Å². The van der Waals surface area contributed by atoms with Gasteiger partial charge in [-0.15, -0.1) is 0 Å². The predicted octanol–water partition coefficient (Wildman–Crippen LogP) is 2.27. The standard InChI is InChI=1S/C16H18N4.C4H4O4/c1-19-15(12-20-8-2-3-9-20)11-18-16(19)14-6-4-13(10-17)5-7-14;5-3(6)1-2-4(7)8/h4-7,11H,2-3,8-9,12H2,1H3;1-2H,(H,5,6)(H,7,8)/b;2-1+. The van der Waals surface area contributed by atoms with E-state index in [4.69, 9.17) is 15.5 Å². The van der Waals surface area contributed by atoms with E-state index in [9.17, 15) is 9.59 Å². The van der Waals surface area contributed by atoms with Gasteiger partial charge in [0.25, 0.3) is 0 Å². The van der Waals surface area contributed by atoms with E-state index in [2.05, 4.69) is 27.6 Å². The highest BCUT2D eigenvalue weighted by Crippen LogP contribution is 2.21. The van der Waals surface area contributed by atoms with Crippen molar-refractivity contribution in [1.82, 2.24) is 14.5 Å². The maximum Gasteiger partial charge on any atom is 0.328 e. The molecule has 0 radical (unpaired) electrons. The van der Waals surface area contributed by atoms with E-state index in [1.165, 1.54) is 31.6 Å². The molecule has 1 aliphatic heterocycles. The Bertz CT molecular complexity index is 872.